The summed E-state index contributed by atoms with van der Waals surface area (Å²) in [6.45, 7) is 0.279. The fourth-order valence-corrected chi connectivity index (χ4v) is 4.75. The van der Waals surface area contributed by atoms with E-state index < -0.39 is 5.92 Å². The minimum atomic E-state index is -0.555. The number of carbonyl (C=O) groups excluding carboxylic acids is 1. The summed E-state index contributed by atoms with van der Waals surface area (Å²) in [6, 6.07) is 19.0. The van der Waals surface area contributed by atoms with Gasteiger partial charge in [-0.2, -0.15) is 5.26 Å². The quantitative estimate of drug-likeness (QED) is 0.412. The lowest BCUT2D eigenvalue weighted by Gasteiger charge is -2.32. The van der Waals surface area contributed by atoms with Crippen molar-refractivity contribution in [2.45, 2.75) is 31.8 Å². The Morgan fingerprint density at radius 3 is 2.66 bits per heavy atom. The number of ether oxygens (including phenoxy) is 3. The number of carbonyl (C=O) groups is 1. The zero-order valence-electron chi connectivity index (χ0n) is 19.2. The van der Waals surface area contributed by atoms with Gasteiger partial charge in [0.05, 0.1) is 13.0 Å². The Balaban J connectivity index is 1.56. The van der Waals surface area contributed by atoms with Gasteiger partial charge in [0.15, 0.2) is 17.3 Å². The van der Waals surface area contributed by atoms with Crippen molar-refractivity contribution in [3.05, 3.63) is 100 Å². The van der Waals surface area contributed by atoms with Crippen LogP contribution in [0.4, 0.5) is 0 Å². The lowest BCUT2D eigenvalue weighted by atomic mass is 9.77. The van der Waals surface area contributed by atoms with Crippen LogP contribution in [0.2, 0.25) is 5.02 Å². The van der Waals surface area contributed by atoms with Crippen LogP contribution in [0, 0.1) is 11.3 Å². The molecule has 0 fully saturated rings. The van der Waals surface area contributed by atoms with E-state index >= 15 is 0 Å². The van der Waals surface area contributed by atoms with Gasteiger partial charge in [-0.15, -0.1) is 0 Å². The molecule has 0 bridgehead atoms. The molecule has 176 valence electrons. The zero-order valence-corrected chi connectivity index (χ0v) is 19.9. The van der Waals surface area contributed by atoms with Gasteiger partial charge >= 0.3 is 0 Å². The van der Waals surface area contributed by atoms with Crippen molar-refractivity contribution in [2.24, 2.45) is 0 Å². The number of rotatable bonds is 6. The predicted octanol–water partition coefficient (Wildman–Crippen LogP) is 6.24. The molecule has 2 heterocycles. The van der Waals surface area contributed by atoms with Crippen molar-refractivity contribution in [2.75, 3.05) is 7.11 Å². The lowest BCUT2D eigenvalue weighted by Crippen LogP contribution is -2.26. The number of allylic oxidation sites excluding steroid dienone is 3. The van der Waals surface area contributed by atoms with Gasteiger partial charge in [0.1, 0.15) is 24.0 Å². The fourth-order valence-electron chi connectivity index (χ4n) is 4.56. The van der Waals surface area contributed by atoms with Crippen molar-refractivity contribution in [1.82, 2.24) is 4.57 Å². The first-order valence-electron chi connectivity index (χ1n) is 11.4. The average molecular weight is 487 g/mol. The monoisotopic (exact) mass is 486 g/mol. The molecule has 0 spiro atoms. The maximum atomic E-state index is 13.0. The second-order valence-corrected chi connectivity index (χ2v) is 8.77. The minimum Gasteiger partial charge on any atom is -0.493 e. The Hall–Kier alpha value is -3.95. The standard InChI is InChI=1S/C28H23ClN2O4/c1-33-25-15-18(11-12-23(25)34-17-19-7-2-3-8-21(19)29)26-20(16-30)28(31-13-4-5-14-31)35-24-10-6-9-22(32)27(24)26/h2-5,7-8,11-15,26H,6,9-10,17H2,1H3/t26-/m0/s1. The molecule has 1 aliphatic carbocycles. The number of nitrogens with zero attached hydrogens (tertiary/aromatic N) is 2. The summed E-state index contributed by atoms with van der Waals surface area (Å²) in [5.74, 6) is 1.56. The molecule has 0 saturated heterocycles. The second kappa shape index (κ2) is 9.73. The molecule has 1 aromatic heterocycles. The first-order valence-corrected chi connectivity index (χ1v) is 11.7. The summed E-state index contributed by atoms with van der Waals surface area (Å²) in [6.07, 6.45) is 5.46. The summed E-state index contributed by atoms with van der Waals surface area (Å²) < 4.78 is 19.6. The molecule has 0 saturated carbocycles. The normalized spacial score (nSPS) is 17.5. The first kappa shape index (κ1) is 22.8. The van der Waals surface area contributed by atoms with Gasteiger partial charge < -0.3 is 14.2 Å². The molecule has 1 aliphatic heterocycles. The minimum absolute atomic E-state index is 0.00793. The molecule has 0 radical (unpaired) electrons. The fraction of sp³-hybridized carbons (Fsp3) is 0.214. The van der Waals surface area contributed by atoms with E-state index in [4.69, 9.17) is 25.8 Å². The number of ketones is 1. The van der Waals surface area contributed by atoms with Crippen LogP contribution in [0.25, 0.3) is 5.88 Å². The molecule has 7 heteroatoms. The van der Waals surface area contributed by atoms with E-state index in [0.29, 0.717) is 52.2 Å². The van der Waals surface area contributed by atoms with E-state index in [2.05, 4.69) is 6.07 Å². The molecule has 0 amide bonds. The molecule has 5 rings (SSSR count). The molecule has 35 heavy (non-hydrogen) atoms. The highest BCUT2D eigenvalue weighted by atomic mass is 35.5. The number of hydrogen-bond donors (Lipinski definition) is 0. The van der Waals surface area contributed by atoms with Crippen molar-refractivity contribution in [3.63, 3.8) is 0 Å². The Morgan fingerprint density at radius 2 is 1.91 bits per heavy atom. The maximum absolute atomic E-state index is 13.0. The Labute approximate surface area is 208 Å². The largest absolute Gasteiger partial charge is 0.493 e. The number of aromatic nitrogens is 1. The van der Waals surface area contributed by atoms with Crippen LogP contribution in [-0.4, -0.2) is 17.5 Å². The highest BCUT2D eigenvalue weighted by Gasteiger charge is 2.39. The van der Waals surface area contributed by atoms with Crippen LogP contribution in [0.5, 0.6) is 11.5 Å². The van der Waals surface area contributed by atoms with E-state index in [-0.39, 0.29) is 12.4 Å². The van der Waals surface area contributed by atoms with E-state index in [9.17, 15) is 10.1 Å². The highest BCUT2D eigenvalue weighted by Crippen LogP contribution is 2.47. The number of nitriles is 1. The van der Waals surface area contributed by atoms with Gasteiger partial charge in [0, 0.05) is 41.4 Å². The SMILES string of the molecule is COc1cc([C@H]2C(C#N)=C(n3cccc3)OC3=C2C(=O)CCC3)ccc1OCc1ccccc1Cl. The first-order chi connectivity index (χ1) is 17.1. The maximum Gasteiger partial charge on any atom is 0.218 e. The van der Waals surface area contributed by atoms with Gasteiger partial charge in [0.2, 0.25) is 5.88 Å². The number of benzene rings is 2. The van der Waals surface area contributed by atoms with Crippen LogP contribution < -0.4 is 9.47 Å². The van der Waals surface area contributed by atoms with Gasteiger partial charge in [-0.3, -0.25) is 9.36 Å². The van der Waals surface area contributed by atoms with Gasteiger partial charge in [-0.25, -0.2) is 0 Å². The van der Waals surface area contributed by atoms with Gasteiger partial charge in [-0.1, -0.05) is 35.9 Å². The van der Waals surface area contributed by atoms with E-state index in [1.165, 1.54) is 0 Å². The van der Waals surface area contributed by atoms with Crippen LogP contribution >= 0.6 is 11.6 Å². The zero-order chi connectivity index (χ0) is 24.4. The third kappa shape index (κ3) is 4.31. The third-order valence-electron chi connectivity index (χ3n) is 6.26. The molecule has 1 atom stereocenters. The van der Waals surface area contributed by atoms with Crippen molar-refractivity contribution in [1.29, 1.82) is 5.26 Å². The Kier molecular flexibility index (Phi) is 6.35. The predicted molar refractivity (Wildman–Crippen MR) is 132 cm³/mol. The summed E-state index contributed by atoms with van der Waals surface area (Å²) in [7, 11) is 1.56. The molecule has 6 nitrogen and oxygen atoms in total. The average Bonchev–Trinajstić information content (AvgIpc) is 3.42. The van der Waals surface area contributed by atoms with E-state index in [1.807, 2.05) is 60.9 Å². The number of hydrogen-bond acceptors (Lipinski definition) is 5. The molecule has 0 N–H and O–H groups in total. The smallest absolute Gasteiger partial charge is 0.218 e. The second-order valence-electron chi connectivity index (χ2n) is 8.36. The number of Topliss-reactive ketones (excluding diaryl/α,β-unsaturated/α-hetero) is 1. The molecule has 2 aromatic carbocycles. The Bertz CT molecular complexity index is 1380. The lowest BCUT2D eigenvalue weighted by molar-refractivity contribution is -0.116. The summed E-state index contributed by atoms with van der Waals surface area (Å²) >= 11 is 6.26. The third-order valence-corrected chi connectivity index (χ3v) is 6.63. The number of halogens is 1. The summed E-state index contributed by atoms with van der Waals surface area (Å²) in [4.78, 5) is 13.0. The van der Waals surface area contributed by atoms with Crippen LogP contribution in [0.15, 0.2) is 83.9 Å². The van der Waals surface area contributed by atoms with Crippen molar-refractivity contribution < 1.29 is 19.0 Å². The van der Waals surface area contributed by atoms with E-state index in [0.717, 1.165) is 17.5 Å². The van der Waals surface area contributed by atoms with Crippen LogP contribution in [0.1, 0.15) is 36.3 Å². The molecule has 0 unspecified atom stereocenters. The van der Waals surface area contributed by atoms with Crippen LogP contribution in [0.3, 0.4) is 0 Å². The molecular weight excluding hydrogens is 464 g/mol. The summed E-state index contributed by atoms with van der Waals surface area (Å²) in [5, 5.41) is 10.8. The van der Waals surface area contributed by atoms with Crippen molar-refractivity contribution >= 4 is 23.3 Å². The topological polar surface area (TPSA) is 73.5 Å². The highest BCUT2D eigenvalue weighted by molar-refractivity contribution is 6.31. The molecule has 3 aromatic rings. The van der Waals surface area contributed by atoms with Gasteiger partial charge in [-0.05, 0) is 42.3 Å². The van der Waals surface area contributed by atoms with Crippen LogP contribution in [-0.2, 0) is 16.1 Å². The van der Waals surface area contributed by atoms with E-state index in [1.54, 1.807) is 17.7 Å². The Morgan fingerprint density at radius 1 is 1.11 bits per heavy atom. The van der Waals surface area contributed by atoms with Gasteiger partial charge in [0.25, 0.3) is 0 Å². The molecule has 2 aliphatic rings. The number of methoxy groups -OCH3 is 1. The van der Waals surface area contributed by atoms with Crippen molar-refractivity contribution in [3.8, 4) is 17.6 Å². The molecular formula is C28H23ClN2O4. The summed E-state index contributed by atoms with van der Waals surface area (Å²) in [5.41, 5.74) is 2.55.